The fourth-order valence-electron chi connectivity index (χ4n) is 6.66. The van der Waals surface area contributed by atoms with E-state index in [2.05, 4.69) is 32.3 Å². The lowest BCUT2D eigenvalue weighted by Crippen LogP contribution is -2.37. The van der Waals surface area contributed by atoms with Gasteiger partial charge in [-0.3, -0.25) is 14.4 Å². The largest absolute Gasteiger partial charge is 0.378 e. The second-order valence-corrected chi connectivity index (χ2v) is 11.5. The number of carbonyl (C=O) groups is 3. The van der Waals surface area contributed by atoms with E-state index in [1.54, 1.807) is 6.92 Å². The van der Waals surface area contributed by atoms with E-state index in [0.717, 1.165) is 57.3 Å². The van der Waals surface area contributed by atoms with Gasteiger partial charge in [-0.25, -0.2) is 9.97 Å². The smallest absolute Gasteiger partial charge is 0.286 e. The van der Waals surface area contributed by atoms with Crippen molar-refractivity contribution in [3.63, 3.8) is 0 Å². The summed E-state index contributed by atoms with van der Waals surface area (Å²) < 4.78 is 5.24. The third-order valence-corrected chi connectivity index (χ3v) is 8.71. The lowest BCUT2D eigenvalue weighted by molar-refractivity contribution is -0.125. The van der Waals surface area contributed by atoms with E-state index in [-0.39, 0.29) is 36.2 Å². The van der Waals surface area contributed by atoms with Crippen LogP contribution in [0, 0.1) is 24.7 Å². The Kier molecular flexibility index (Phi) is 8.75. The SMILES string of the molecule is COCc1nc(C(N)=O)nc(C)c1C(=O)N1CC2CN(CCC(NC(=O)C3CCCC3)c3ccccc3)C[C@H]2C1. The van der Waals surface area contributed by atoms with Crippen molar-refractivity contribution in [3.8, 4) is 0 Å². The highest BCUT2D eigenvalue weighted by Crippen LogP contribution is 2.33. The van der Waals surface area contributed by atoms with E-state index >= 15 is 0 Å². The van der Waals surface area contributed by atoms with Crippen molar-refractivity contribution in [1.29, 1.82) is 0 Å². The van der Waals surface area contributed by atoms with Crippen molar-refractivity contribution in [1.82, 2.24) is 25.1 Å². The molecule has 0 spiro atoms. The first-order valence-electron chi connectivity index (χ1n) is 14.4. The molecule has 3 N–H and O–H groups in total. The Hall–Kier alpha value is -3.37. The first kappa shape index (κ1) is 28.2. The van der Waals surface area contributed by atoms with E-state index in [1.807, 2.05) is 23.1 Å². The predicted octanol–water partition coefficient (Wildman–Crippen LogP) is 2.47. The number of hydrogen-bond donors (Lipinski definition) is 2. The van der Waals surface area contributed by atoms with Crippen LogP contribution in [-0.2, 0) is 16.1 Å². The minimum atomic E-state index is -0.733. The Morgan fingerprint density at radius 1 is 1.05 bits per heavy atom. The highest BCUT2D eigenvalue weighted by molar-refractivity contribution is 5.97. The standard InChI is InChI=1S/C30H40N6O4/c1-19-26(25(18-40-2)33-28(32-19)27(31)37)30(39)36-16-22-14-35(15-23(22)17-36)13-12-24(20-8-4-3-5-9-20)34-29(38)21-10-6-7-11-21/h3-5,8-9,21-24H,6-7,10-18H2,1-2H3,(H2,31,37)(H,34,38)/t22-,23?,24?/m0/s1. The van der Waals surface area contributed by atoms with Crippen LogP contribution < -0.4 is 11.1 Å². The third kappa shape index (κ3) is 6.18. The molecule has 40 heavy (non-hydrogen) atoms. The molecule has 1 aromatic carbocycles. The number of rotatable bonds is 10. The van der Waals surface area contributed by atoms with Crippen LogP contribution in [-0.4, -0.2) is 77.3 Å². The molecule has 2 aliphatic heterocycles. The maximum Gasteiger partial charge on any atom is 0.286 e. The van der Waals surface area contributed by atoms with Gasteiger partial charge in [0.15, 0.2) is 0 Å². The first-order chi connectivity index (χ1) is 19.3. The summed E-state index contributed by atoms with van der Waals surface area (Å²) in [5.41, 5.74) is 7.74. The van der Waals surface area contributed by atoms with Gasteiger partial charge in [-0.2, -0.15) is 0 Å². The van der Waals surface area contributed by atoms with Gasteiger partial charge in [-0.15, -0.1) is 0 Å². The average molecular weight is 549 g/mol. The molecule has 2 aromatic rings. The highest BCUT2D eigenvalue weighted by atomic mass is 16.5. The van der Waals surface area contributed by atoms with E-state index in [1.165, 1.54) is 7.11 Å². The molecule has 10 nitrogen and oxygen atoms in total. The topological polar surface area (TPSA) is 131 Å². The normalized spacial score (nSPS) is 21.9. The number of carbonyl (C=O) groups excluding carboxylic acids is 3. The van der Waals surface area contributed by atoms with Crippen LogP contribution in [0.25, 0.3) is 0 Å². The molecule has 2 saturated heterocycles. The van der Waals surface area contributed by atoms with Gasteiger partial charge >= 0.3 is 0 Å². The van der Waals surface area contributed by atoms with Gasteiger partial charge in [-0.05, 0) is 43.6 Å². The molecule has 0 radical (unpaired) electrons. The Balaban J connectivity index is 1.19. The van der Waals surface area contributed by atoms with Crippen molar-refractivity contribution in [2.45, 2.75) is 51.7 Å². The molecule has 0 bridgehead atoms. The number of likely N-dealkylation sites (tertiary alicyclic amines) is 2. The van der Waals surface area contributed by atoms with Crippen LogP contribution >= 0.6 is 0 Å². The van der Waals surface area contributed by atoms with Crippen LogP contribution in [0.1, 0.15) is 76.1 Å². The highest BCUT2D eigenvalue weighted by Gasteiger charge is 2.42. The Bertz CT molecular complexity index is 1220. The third-order valence-electron chi connectivity index (χ3n) is 8.71. The first-order valence-corrected chi connectivity index (χ1v) is 14.4. The van der Waals surface area contributed by atoms with Gasteiger partial charge in [0, 0.05) is 45.8 Å². The number of ether oxygens (including phenoxy) is 1. The number of fused-ring (bicyclic) bond motifs is 1. The van der Waals surface area contributed by atoms with Gasteiger partial charge in [0.25, 0.3) is 11.8 Å². The van der Waals surface area contributed by atoms with E-state index in [0.29, 0.717) is 41.9 Å². The zero-order valence-corrected chi connectivity index (χ0v) is 23.5. The fourth-order valence-corrected chi connectivity index (χ4v) is 6.66. The molecule has 3 fully saturated rings. The summed E-state index contributed by atoms with van der Waals surface area (Å²) in [6.07, 6.45) is 5.12. The minimum absolute atomic E-state index is 0.00151. The van der Waals surface area contributed by atoms with Crippen LogP contribution in [0.15, 0.2) is 30.3 Å². The molecule has 1 saturated carbocycles. The van der Waals surface area contributed by atoms with Crippen LogP contribution in [0.4, 0.5) is 0 Å². The van der Waals surface area contributed by atoms with Crippen molar-refractivity contribution in [2.24, 2.45) is 23.5 Å². The molecular weight excluding hydrogens is 508 g/mol. The van der Waals surface area contributed by atoms with E-state index < -0.39 is 5.91 Å². The van der Waals surface area contributed by atoms with Gasteiger partial charge in [0.05, 0.1) is 29.6 Å². The predicted molar refractivity (Wildman–Crippen MR) is 149 cm³/mol. The van der Waals surface area contributed by atoms with Crippen LogP contribution in [0.2, 0.25) is 0 Å². The number of hydrogen-bond acceptors (Lipinski definition) is 7. The van der Waals surface area contributed by atoms with Crippen LogP contribution in [0.5, 0.6) is 0 Å². The number of benzene rings is 1. The monoisotopic (exact) mass is 548 g/mol. The second kappa shape index (κ2) is 12.4. The molecule has 5 rings (SSSR count). The Labute approximate surface area is 235 Å². The Morgan fingerprint density at radius 2 is 1.73 bits per heavy atom. The number of aromatic nitrogens is 2. The maximum absolute atomic E-state index is 13.6. The average Bonchev–Trinajstić information content (AvgIpc) is 3.68. The molecule has 3 atom stereocenters. The molecule has 1 aromatic heterocycles. The zero-order valence-electron chi connectivity index (χ0n) is 23.5. The van der Waals surface area contributed by atoms with E-state index in [9.17, 15) is 14.4 Å². The lowest BCUT2D eigenvalue weighted by atomic mass is 10.0. The van der Waals surface area contributed by atoms with E-state index in [4.69, 9.17) is 10.5 Å². The number of aryl methyl sites for hydroxylation is 1. The summed E-state index contributed by atoms with van der Waals surface area (Å²) >= 11 is 0. The number of nitrogens with two attached hydrogens (primary N) is 1. The van der Waals surface area contributed by atoms with Crippen molar-refractivity contribution >= 4 is 17.7 Å². The van der Waals surface area contributed by atoms with Gasteiger partial charge in [-0.1, -0.05) is 43.2 Å². The fraction of sp³-hybridized carbons (Fsp3) is 0.567. The molecule has 3 heterocycles. The molecule has 10 heteroatoms. The maximum atomic E-state index is 13.6. The minimum Gasteiger partial charge on any atom is -0.378 e. The zero-order chi connectivity index (χ0) is 28.2. The van der Waals surface area contributed by atoms with Gasteiger partial charge in [0.2, 0.25) is 11.7 Å². The van der Waals surface area contributed by atoms with Crippen molar-refractivity contribution in [3.05, 3.63) is 58.7 Å². The molecule has 1 aliphatic carbocycles. The molecule has 3 amide bonds. The van der Waals surface area contributed by atoms with Gasteiger partial charge in [0.1, 0.15) is 0 Å². The second-order valence-electron chi connectivity index (χ2n) is 11.5. The summed E-state index contributed by atoms with van der Waals surface area (Å²) in [7, 11) is 1.52. The van der Waals surface area contributed by atoms with Crippen LogP contribution in [0.3, 0.4) is 0 Å². The molecule has 214 valence electrons. The van der Waals surface area contributed by atoms with Gasteiger partial charge < -0.3 is 25.6 Å². The molecular formula is C30H40N6O4. The van der Waals surface area contributed by atoms with Crippen molar-refractivity contribution in [2.75, 3.05) is 39.8 Å². The number of methoxy groups -OCH3 is 1. The summed E-state index contributed by atoms with van der Waals surface area (Å²) in [6.45, 7) is 5.88. The summed E-state index contributed by atoms with van der Waals surface area (Å²) in [5, 5.41) is 3.35. The summed E-state index contributed by atoms with van der Waals surface area (Å²) in [4.78, 5) is 50.9. The van der Waals surface area contributed by atoms with Crippen molar-refractivity contribution < 1.29 is 19.1 Å². The number of primary amides is 1. The number of nitrogens with zero attached hydrogens (tertiary/aromatic N) is 4. The number of amides is 3. The molecule has 2 unspecified atom stereocenters. The quantitative estimate of drug-likeness (QED) is 0.466. The summed E-state index contributed by atoms with van der Waals surface area (Å²) in [6, 6.07) is 10.3. The molecule has 3 aliphatic rings. The summed E-state index contributed by atoms with van der Waals surface area (Å²) in [5.74, 6) is 0.154. The lowest BCUT2D eigenvalue weighted by Gasteiger charge is -2.26. The Morgan fingerprint density at radius 3 is 2.35 bits per heavy atom. The number of nitrogens with one attached hydrogen (secondary N) is 1.